The maximum atomic E-state index is 12.9. The predicted octanol–water partition coefficient (Wildman–Crippen LogP) is 23.1. The van der Waals surface area contributed by atoms with E-state index in [2.05, 4.69) is 161 Å². The minimum atomic E-state index is -0.820. The van der Waals surface area contributed by atoms with E-state index in [0.29, 0.717) is 19.3 Å². The Morgan fingerprint density at radius 1 is 0.259 bits per heavy atom. The van der Waals surface area contributed by atoms with E-state index in [-0.39, 0.29) is 37.5 Å². The van der Waals surface area contributed by atoms with Gasteiger partial charge in [-0.2, -0.15) is 0 Å². The van der Waals surface area contributed by atoms with E-state index in [1.54, 1.807) is 0 Å². The van der Waals surface area contributed by atoms with Crippen LogP contribution in [0.1, 0.15) is 290 Å². The predicted molar refractivity (Wildman–Crippen MR) is 352 cm³/mol. The lowest BCUT2D eigenvalue weighted by molar-refractivity contribution is -0.166. The third-order valence-corrected chi connectivity index (χ3v) is 13.8. The van der Waals surface area contributed by atoms with E-state index in [1.807, 2.05) is 6.08 Å². The van der Waals surface area contributed by atoms with Crippen LogP contribution in [0.4, 0.5) is 0 Å². The Hall–Kier alpha value is -4.71. The normalized spacial score (nSPS) is 13.1. The molecule has 0 saturated heterocycles. The minimum Gasteiger partial charge on any atom is -0.462 e. The summed E-state index contributed by atoms with van der Waals surface area (Å²) in [5, 5.41) is 0. The fourth-order valence-corrected chi connectivity index (χ4v) is 8.90. The van der Waals surface area contributed by atoms with Crippen molar-refractivity contribution >= 4 is 17.9 Å². The van der Waals surface area contributed by atoms with Crippen molar-refractivity contribution in [3.8, 4) is 0 Å². The van der Waals surface area contributed by atoms with Crippen LogP contribution >= 0.6 is 0 Å². The zero-order valence-corrected chi connectivity index (χ0v) is 52.5. The van der Waals surface area contributed by atoms with Crippen LogP contribution in [0, 0.1) is 0 Å². The maximum absolute atomic E-state index is 12.9. The van der Waals surface area contributed by atoms with Crippen LogP contribution in [-0.2, 0) is 28.6 Å². The molecule has 0 aliphatic rings. The molecule has 0 amide bonds. The van der Waals surface area contributed by atoms with Crippen molar-refractivity contribution < 1.29 is 28.6 Å². The Bertz CT molecular complexity index is 1760. The fourth-order valence-electron chi connectivity index (χ4n) is 8.90. The van der Waals surface area contributed by atoms with Gasteiger partial charge in [0.1, 0.15) is 13.2 Å². The van der Waals surface area contributed by atoms with Crippen LogP contribution in [0.2, 0.25) is 0 Å². The summed E-state index contributed by atoms with van der Waals surface area (Å²) in [7, 11) is 0. The van der Waals surface area contributed by atoms with Gasteiger partial charge < -0.3 is 14.2 Å². The highest BCUT2D eigenvalue weighted by atomic mass is 16.6. The molecule has 0 spiro atoms. The molecule has 458 valence electrons. The first kappa shape index (κ1) is 76.3. The van der Waals surface area contributed by atoms with Gasteiger partial charge in [0.05, 0.1) is 0 Å². The molecule has 0 aliphatic heterocycles. The molecule has 0 heterocycles. The largest absolute Gasteiger partial charge is 0.462 e. The molecule has 81 heavy (non-hydrogen) atoms. The molecule has 0 bridgehead atoms. The third kappa shape index (κ3) is 66.0. The fraction of sp³-hybridized carbons (Fsp3) is 0.640. The summed E-state index contributed by atoms with van der Waals surface area (Å²) in [6, 6.07) is 0. The zero-order valence-electron chi connectivity index (χ0n) is 52.5. The number of carbonyl (C=O) groups excluding carboxylic acids is 3. The van der Waals surface area contributed by atoms with E-state index >= 15 is 0 Å². The van der Waals surface area contributed by atoms with Crippen LogP contribution in [0.25, 0.3) is 0 Å². The number of hydrogen-bond donors (Lipinski definition) is 0. The lowest BCUT2D eigenvalue weighted by Gasteiger charge is -2.18. The quantitative estimate of drug-likeness (QED) is 0.0261. The molecule has 0 aromatic rings. The smallest absolute Gasteiger partial charge is 0.306 e. The van der Waals surface area contributed by atoms with Gasteiger partial charge in [-0.3, -0.25) is 14.4 Å². The Balaban J connectivity index is 4.30. The number of allylic oxidation sites excluding steroid dienone is 24. The average Bonchev–Trinajstić information content (AvgIpc) is 3.46. The number of unbranched alkanes of at least 4 members (excludes halogenated alkanes) is 24. The van der Waals surface area contributed by atoms with Crippen LogP contribution < -0.4 is 0 Å². The van der Waals surface area contributed by atoms with Crippen molar-refractivity contribution in [2.45, 2.75) is 297 Å². The van der Waals surface area contributed by atoms with Gasteiger partial charge in [-0.1, -0.05) is 289 Å². The summed E-state index contributed by atoms with van der Waals surface area (Å²) in [6.07, 6.45) is 97.4. The number of hydrogen-bond acceptors (Lipinski definition) is 6. The summed E-state index contributed by atoms with van der Waals surface area (Å²) >= 11 is 0. The van der Waals surface area contributed by atoms with Gasteiger partial charge >= 0.3 is 17.9 Å². The molecular weight excluding hydrogens is 997 g/mol. The second-order valence-corrected chi connectivity index (χ2v) is 21.6. The average molecular weight is 1120 g/mol. The van der Waals surface area contributed by atoms with E-state index in [1.165, 1.54) is 122 Å². The van der Waals surface area contributed by atoms with Gasteiger partial charge in [-0.05, 0) is 128 Å². The lowest BCUT2D eigenvalue weighted by Crippen LogP contribution is -2.30. The molecule has 0 N–H and O–H groups in total. The molecule has 0 aromatic carbocycles. The highest BCUT2D eigenvalue weighted by Gasteiger charge is 2.19. The SMILES string of the molecule is CC/C=C\C/C=C\C/C=C\C/C=C\C/C=C\CCCCCCCCCCCCCCCCCC(=O)OCC(COC(=O)CC/C=C\C/C=C\C/C=C\C/C=C\CC)OC(=O)CCCCCCCC/C=C\C/C=C\C/C=C\CCCCC. The van der Waals surface area contributed by atoms with E-state index < -0.39 is 6.10 Å². The lowest BCUT2D eigenvalue weighted by atomic mass is 10.0. The monoisotopic (exact) mass is 1120 g/mol. The Morgan fingerprint density at radius 2 is 0.506 bits per heavy atom. The first-order valence-corrected chi connectivity index (χ1v) is 33.3. The summed E-state index contributed by atoms with van der Waals surface area (Å²) in [4.78, 5) is 38.3. The Labute approximate surface area is 499 Å². The Kier molecular flexibility index (Phi) is 63.9. The van der Waals surface area contributed by atoms with Crippen LogP contribution in [-0.4, -0.2) is 37.2 Å². The first-order valence-electron chi connectivity index (χ1n) is 33.3. The zero-order chi connectivity index (χ0) is 58.5. The summed E-state index contributed by atoms with van der Waals surface area (Å²) in [6.45, 7) is 6.32. The van der Waals surface area contributed by atoms with Crippen molar-refractivity contribution in [1.29, 1.82) is 0 Å². The van der Waals surface area contributed by atoms with Gasteiger partial charge in [0.15, 0.2) is 6.10 Å². The van der Waals surface area contributed by atoms with Gasteiger partial charge in [0, 0.05) is 19.3 Å². The first-order chi connectivity index (χ1) is 40.0. The molecule has 0 saturated carbocycles. The van der Waals surface area contributed by atoms with E-state index in [0.717, 1.165) is 122 Å². The van der Waals surface area contributed by atoms with Crippen LogP contribution in [0.3, 0.4) is 0 Å². The maximum Gasteiger partial charge on any atom is 0.306 e. The van der Waals surface area contributed by atoms with Crippen molar-refractivity contribution in [3.05, 3.63) is 146 Å². The molecule has 6 heteroatoms. The number of carbonyl (C=O) groups is 3. The number of rotatable bonds is 59. The molecule has 1 atom stereocenters. The molecule has 0 fully saturated rings. The van der Waals surface area contributed by atoms with E-state index in [4.69, 9.17) is 14.2 Å². The van der Waals surface area contributed by atoms with E-state index in [9.17, 15) is 14.4 Å². The third-order valence-electron chi connectivity index (χ3n) is 13.8. The summed E-state index contributed by atoms with van der Waals surface area (Å²) in [5.74, 6) is -1.00. The molecule has 0 radical (unpaired) electrons. The molecule has 6 nitrogen and oxygen atoms in total. The molecule has 1 unspecified atom stereocenters. The highest BCUT2D eigenvalue weighted by molar-refractivity contribution is 5.71. The summed E-state index contributed by atoms with van der Waals surface area (Å²) in [5.41, 5.74) is 0. The topological polar surface area (TPSA) is 78.9 Å². The van der Waals surface area contributed by atoms with Crippen molar-refractivity contribution in [2.24, 2.45) is 0 Å². The molecule has 0 aliphatic carbocycles. The Morgan fingerprint density at radius 3 is 0.827 bits per heavy atom. The van der Waals surface area contributed by atoms with Gasteiger partial charge in [-0.15, -0.1) is 0 Å². The van der Waals surface area contributed by atoms with Crippen molar-refractivity contribution in [1.82, 2.24) is 0 Å². The second-order valence-electron chi connectivity index (χ2n) is 21.6. The van der Waals surface area contributed by atoms with Crippen LogP contribution in [0.15, 0.2) is 146 Å². The standard InChI is InChI=1S/C75H122O6/c1-4-7-10-13-16-19-22-25-27-29-31-32-33-34-35-36-37-38-39-40-41-42-44-45-47-50-53-56-59-62-65-68-74(77)80-71-72(70-79-73(76)67-64-61-58-55-52-49-24-21-18-15-12-9-6-3)81-75(78)69-66-63-60-57-54-51-48-46-43-30-28-26-23-20-17-14-11-8-5-2/h7,9-10,12,16-21,25-28,31-32,34-35,43,46,49,52,58,61,72H,4-6,8,11,13-15,22-24,29-30,33,36-42,44-45,47-48,50-51,53-57,59-60,62-71H2,1-3H3/b10-7-,12-9-,19-16-,20-17-,21-18-,27-25-,28-26-,32-31-,35-34-,46-43-,52-49-,61-58-. The minimum absolute atomic E-state index is 0.109. The number of ether oxygens (including phenoxy) is 3. The van der Waals surface area contributed by atoms with Crippen molar-refractivity contribution in [2.75, 3.05) is 13.2 Å². The molecule has 0 aromatic heterocycles. The van der Waals surface area contributed by atoms with Crippen molar-refractivity contribution in [3.63, 3.8) is 0 Å². The number of esters is 3. The van der Waals surface area contributed by atoms with Gasteiger partial charge in [0.2, 0.25) is 0 Å². The highest BCUT2D eigenvalue weighted by Crippen LogP contribution is 2.16. The second kappa shape index (κ2) is 67.8. The summed E-state index contributed by atoms with van der Waals surface area (Å²) < 4.78 is 16.8. The van der Waals surface area contributed by atoms with Gasteiger partial charge in [-0.25, -0.2) is 0 Å². The molecule has 0 rings (SSSR count). The van der Waals surface area contributed by atoms with Crippen LogP contribution in [0.5, 0.6) is 0 Å². The molecular formula is C75H122O6. The van der Waals surface area contributed by atoms with Gasteiger partial charge in [0.25, 0.3) is 0 Å².